The van der Waals surface area contributed by atoms with Crippen LogP contribution in [-0.2, 0) is 0 Å². The van der Waals surface area contributed by atoms with Gasteiger partial charge in [-0.2, -0.15) is 0 Å². The number of carbonyl (C=O) groups is 1. The van der Waals surface area contributed by atoms with Gasteiger partial charge in [-0.05, 0) is 32.6 Å². The highest BCUT2D eigenvalue weighted by Gasteiger charge is 2.25. The van der Waals surface area contributed by atoms with Crippen LogP contribution in [0.5, 0.6) is 0 Å². The Morgan fingerprint density at radius 2 is 2.23 bits per heavy atom. The van der Waals surface area contributed by atoms with Gasteiger partial charge in [0.1, 0.15) is 0 Å². The number of hydrogen-bond donors (Lipinski definition) is 1. The van der Waals surface area contributed by atoms with Crippen LogP contribution in [0.4, 0.5) is 4.79 Å². The van der Waals surface area contributed by atoms with Gasteiger partial charge in [0.2, 0.25) is 0 Å². The smallest absolute Gasteiger partial charge is 0.317 e. The maximum atomic E-state index is 11.5. The van der Waals surface area contributed by atoms with Crippen LogP contribution in [0.25, 0.3) is 0 Å². The first kappa shape index (κ1) is 10.4. The largest absolute Gasteiger partial charge is 0.338 e. The second-order valence-corrected chi connectivity index (χ2v) is 4.01. The topological polar surface area (TPSA) is 32.3 Å². The highest BCUT2D eigenvalue weighted by Crippen LogP contribution is 2.21. The van der Waals surface area contributed by atoms with Crippen LogP contribution in [0.3, 0.4) is 0 Å². The molecule has 0 aliphatic carbocycles. The predicted molar refractivity (Wildman–Crippen MR) is 53.6 cm³/mol. The van der Waals surface area contributed by atoms with Crippen molar-refractivity contribution in [1.29, 1.82) is 0 Å². The summed E-state index contributed by atoms with van der Waals surface area (Å²) in [5, 5.41) is 2.85. The molecule has 2 atom stereocenters. The summed E-state index contributed by atoms with van der Waals surface area (Å²) in [6.07, 6.45) is 2.28. The van der Waals surface area contributed by atoms with Gasteiger partial charge < -0.3 is 10.2 Å². The molecule has 13 heavy (non-hydrogen) atoms. The van der Waals surface area contributed by atoms with E-state index in [0.29, 0.717) is 6.04 Å². The van der Waals surface area contributed by atoms with E-state index in [1.807, 2.05) is 11.8 Å². The summed E-state index contributed by atoms with van der Waals surface area (Å²) >= 11 is 0. The van der Waals surface area contributed by atoms with E-state index < -0.39 is 0 Å². The average molecular weight is 184 g/mol. The number of carbonyl (C=O) groups excluding carboxylic acids is 1. The van der Waals surface area contributed by atoms with E-state index in [4.69, 9.17) is 0 Å². The number of likely N-dealkylation sites (tertiary alicyclic amines) is 1. The first-order valence-corrected chi connectivity index (χ1v) is 5.19. The van der Waals surface area contributed by atoms with E-state index in [9.17, 15) is 4.79 Å². The molecule has 0 saturated carbocycles. The molecule has 0 bridgehead atoms. The Balaban J connectivity index is 2.45. The predicted octanol–water partition coefficient (Wildman–Crippen LogP) is 1.84. The van der Waals surface area contributed by atoms with Gasteiger partial charge >= 0.3 is 6.03 Å². The molecule has 2 unspecified atom stereocenters. The van der Waals surface area contributed by atoms with Gasteiger partial charge in [0, 0.05) is 19.1 Å². The van der Waals surface area contributed by atoms with E-state index in [1.165, 1.54) is 0 Å². The maximum Gasteiger partial charge on any atom is 0.317 e. The van der Waals surface area contributed by atoms with Gasteiger partial charge in [0.15, 0.2) is 0 Å². The maximum absolute atomic E-state index is 11.5. The highest BCUT2D eigenvalue weighted by atomic mass is 16.2. The summed E-state index contributed by atoms with van der Waals surface area (Å²) in [6, 6.07) is 0.497. The van der Waals surface area contributed by atoms with Gasteiger partial charge in [-0.25, -0.2) is 4.79 Å². The molecular weight excluding hydrogens is 164 g/mol. The van der Waals surface area contributed by atoms with Gasteiger partial charge in [-0.3, -0.25) is 0 Å². The van der Waals surface area contributed by atoms with Crippen LogP contribution in [0.2, 0.25) is 0 Å². The minimum atomic E-state index is 0.0990. The number of urea groups is 1. The van der Waals surface area contributed by atoms with Crippen molar-refractivity contribution in [2.75, 3.05) is 13.1 Å². The molecule has 3 nitrogen and oxygen atoms in total. The second kappa shape index (κ2) is 4.49. The molecular formula is C10H20N2O. The van der Waals surface area contributed by atoms with Crippen LogP contribution in [-0.4, -0.2) is 30.1 Å². The van der Waals surface area contributed by atoms with Crippen molar-refractivity contribution in [3.8, 4) is 0 Å². The number of piperidine rings is 1. The van der Waals surface area contributed by atoms with Crippen molar-refractivity contribution in [2.24, 2.45) is 5.92 Å². The molecule has 1 fully saturated rings. The number of nitrogens with one attached hydrogen (secondary N) is 1. The third-order valence-corrected chi connectivity index (χ3v) is 2.73. The fraction of sp³-hybridized carbons (Fsp3) is 0.900. The van der Waals surface area contributed by atoms with Crippen LogP contribution in [0.15, 0.2) is 0 Å². The third kappa shape index (κ3) is 2.61. The minimum absolute atomic E-state index is 0.0990. The van der Waals surface area contributed by atoms with E-state index in [1.54, 1.807) is 0 Å². The Morgan fingerprint density at radius 3 is 2.77 bits per heavy atom. The molecule has 0 aromatic carbocycles. The van der Waals surface area contributed by atoms with Gasteiger partial charge in [-0.15, -0.1) is 0 Å². The molecule has 1 aliphatic heterocycles. The lowest BCUT2D eigenvalue weighted by Gasteiger charge is -2.36. The quantitative estimate of drug-likeness (QED) is 0.662. The van der Waals surface area contributed by atoms with Crippen molar-refractivity contribution < 1.29 is 4.79 Å². The molecule has 1 rings (SSSR count). The summed E-state index contributed by atoms with van der Waals surface area (Å²) < 4.78 is 0. The molecule has 0 aromatic rings. The average Bonchev–Trinajstić information content (AvgIpc) is 2.04. The summed E-state index contributed by atoms with van der Waals surface area (Å²) in [4.78, 5) is 13.5. The minimum Gasteiger partial charge on any atom is -0.338 e. The first-order valence-electron chi connectivity index (χ1n) is 5.19. The molecule has 2 amide bonds. The Morgan fingerprint density at radius 1 is 1.54 bits per heavy atom. The highest BCUT2D eigenvalue weighted by molar-refractivity contribution is 5.74. The molecule has 0 aromatic heterocycles. The van der Waals surface area contributed by atoms with E-state index in [-0.39, 0.29) is 6.03 Å². The summed E-state index contributed by atoms with van der Waals surface area (Å²) in [7, 11) is 0. The van der Waals surface area contributed by atoms with Crippen molar-refractivity contribution in [3.63, 3.8) is 0 Å². The summed E-state index contributed by atoms with van der Waals surface area (Å²) in [5.41, 5.74) is 0. The van der Waals surface area contributed by atoms with Crippen LogP contribution < -0.4 is 5.32 Å². The third-order valence-electron chi connectivity index (χ3n) is 2.73. The molecule has 1 saturated heterocycles. The SMILES string of the molecule is CCNC(=O)N1CCC(C)CC1C. The number of hydrogen-bond acceptors (Lipinski definition) is 1. The van der Waals surface area contributed by atoms with E-state index in [0.717, 1.165) is 31.8 Å². The lowest BCUT2D eigenvalue weighted by molar-refractivity contribution is 0.140. The van der Waals surface area contributed by atoms with Crippen molar-refractivity contribution in [2.45, 2.75) is 39.7 Å². The summed E-state index contributed by atoms with van der Waals surface area (Å²) in [6.45, 7) is 7.97. The monoisotopic (exact) mass is 184 g/mol. The van der Waals surface area contributed by atoms with E-state index >= 15 is 0 Å². The number of amides is 2. The molecule has 76 valence electrons. The Bertz CT molecular complexity index is 182. The van der Waals surface area contributed by atoms with Crippen molar-refractivity contribution in [1.82, 2.24) is 10.2 Å². The Labute approximate surface area is 80.5 Å². The van der Waals surface area contributed by atoms with Crippen LogP contribution in [0.1, 0.15) is 33.6 Å². The van der Waals surface area contributed by atoms with Crippen LogP contribution in [0, 0.1) is 5.92 Å². The normalized spacial score (nSPS) is 28.7. The molecule has 3 heteroatoms. The van der Waals surface area contributed by atoms with Gasteiger partial charge in [0.05, 0.1) is 0 Å². The van der Waals surface area contributed by atoms with E-state index in [2.05, 4.69) is 19.2 Å². The fourth-order valence-corrected chi connectivity index (χ4v) is 1.96. The second-order valence-electron chi connectivity index (χ2n) is 4.01. The van der Waals surface area contributed by atoms with Crippen molar-refractivity contribution in [3.05, 3.63) is 0 Å². The lowest BCUT2D eigenvalue weighted by Crippen LogP contribution is -2.48. The number of nitrogens with zero attached hydrogens (tertiary/aromatic N) is 1. The van der Waals surface area contributed by atoms with Crippen LogP contribution >= 0.6 is 0 Å². The standard InChI is InChI=1S/C10H20N2O/c1-4-11-10(13)12-6-5-8(2)7-9(12)3/h8-9H,4-7H2,1-3H3,(H,11,13). The molecule has 0 radical (unpaired) electrons. The van der Waals surface area contributed by atoms with Gasteiger partial charge in [-0.1, -0.05) is 6.92 Å². The number of rotatable bonds is 1. The lowest BCUT2D eigenvalue weighted by atomic mass is 9.94. The Hall–Kier alpha value is -0.730. The molecule has 1 aliphatic rings. The summed E-state index contributed by atoms with van der Waals surface area (Å²) in [5.74, 6) is 0.765. The molecule has 0 spiro atoms. The molecule has 1 N–H and O–H groups in total. The first-order chi connectivity index (χ1) is 6.15. The zero-order valence-electron chi connectivity index (χ0n) is 8.84. The zero-order valence-corrected chi connectivity index (χ0v) is 8.84. The van der Waals surface area contributed by atoms with Gasteiger partial charge in [0.25, 0.3) is 0 Å². The van der Waals surface area contributed by atoms with Crippen molar-refractivity contribution >= 4 is 6.03 Å². The Kier molecular flexibility index (Phi) is 3.58. The molecule has 1 heterocycles. The zero-order chi connectivity index (χ0) is 9.84. The fourth-order valence-electron chi connectivity index (χ4n) is 1.96.